The average Bonchev–Trinajstić information content (AvgIpc) is 2.35. The molecule has 0 bridgehead atoms. The molecule has 2 heteroatoms. The van der Waals surface area contributed by atoms with E-state index < -0.39 is 0 Å². The van der Waals surface area contributed by atoms with Crippen molar-refractivity contribution >= 4 is 5.69 Å². The zero-order valence-electron chi connectivity index (χ0n) is 12.9. The maximum atomic E-state index is 3.68. The van der Waals surface area contributed by atoms with Crippen molar-refractivity contribution in [1.29, 1.82) is 0 Å². The molecule has 0 radical (unpaired) electrons. The third kappa shape index (κ3) is 3.50. The van der Waals surface area contributed by atoms with Crippen molar-refractivity contribution in [3.8, 4) is 0 Å². The van der Waals surface area contributed by atoms with Gasteiger partial charge in [0.2, 0.25) is 0 Å². The number of nitrogens with zero attached hydrogens (tertiary/aromatic N) is 1. The maximum absolute atomic E-state index is 3.68. The second kappa shape index (κ2) is 6.42. The lowest BCUT2D eigenvalue weighted by atomic mass is 9.99. The second-order valence-electron chi connectivity index (χ2n) is 5.99. The summed E-state index contributed by atoms with van der Waals surface area (Å²) in [6, 6.07) is 5.28. The molecule has 19 heavy (non-hydrogen) atoms. The van der Waals surface area contributed by atoms with Crippen molar-refractivity contribution in [2.75, 3.05) is 24.5 Å². The molecule has 1 unspecified atom stereocenters. The second-order valence-corrected chi connectivity index (χ2v) is 5.99. The quantitative estimate of drug-likeness (QED) is 0.890. The van der Waals surface area contributed by atoms with Gasteiger partial charge >= 0.3 is 0 Å². The Kier molecular flexibility index (Phi) is 4.87. The van der Waals surface area contributed by atoms with Gasteiger partial charge in [-0.1, -0.05) is 24.6 Å². The molecule has 1 atom stereocenters. The Hall–Kier alpha value is -1.02. The van der Waals surface area contributed by atoms with Crippen LogP contribution in [0, 0.1) is 20.8 Å². The molecule has 106 valence electrons. The normalized spacial score (nSPS) is 19.8. The standard InChI is InChI=1S/C17H28N2/c1-5-8-18-16-7-6-9-19(12-16)17-14(3)10-13(2)11-15(17)4/h10-11,16,18H,5-9,12H2,1-4H3. The van der Waals surface area contributed by atoms with Crippen LogP contribution in [0.5, 0.6) is 0 Å². The fourth-order valence-corrected chi connectivity index (χ4v) is 3.37. The van der Waals surface area contributed by atoms with Crippen molar-refractivity contribution in [3.63, 3.8) is 0 Å². The summed E-state index contributed by atoms with van der Waals surface area (Å²) in [5, 5.41) is 3.68. The molecule has 0 amide bonds. The molecule has 1 N–H and O–H groups in total. The van der Waals surface area contributed by atoms with E-state index in [0.29, 0.717) is 6.04 Å². The lowest BCUT2D eigenvalue weighted by Gasteiger charge is -2.36. The monoisotopic (exact) mass is 260 g/mol. The van der Waals surface area contributed by atoms with Crippen LogP contribution in [0.1, 0.15) is 42.9 Å². The summed E-state index contributed by atoms with van der Waals surface area (Å²) in [5.41, 5.74) is 5.69. The first-order chi connectivity index (χ1) is 9.11. The molecule has 1 aliphatic rings. The van der Waals surface area contributed by atoms with Gasteiger partial charge in [0.15, 0.2) is 0 Å². The summed E-state index contributed by atoms with van der Waals surface area (Å²) in [4.78, 5) is 2.58. The third-order valence-corrected chi connectivity index (χ3v) is 4.06. The highest BCUT2D eigenvalue weighted by molar-refractivity contribution is 5.60. The smallest absolute Gasteiger partial charge is 0.0426 e. The molecular formula is C17H28N2. The summed E-state index contributed by atoms with van der Waals surface area (Å²) in [6.07, 6.45) is 3.84. The SMILES string of the molecule is CCCNC1CCCN(c2c(C)cc(C)cc2C)C1. The summed E-state index contributed by atoms with van der Waals surface area (Å²) in [5.74, 6) is 0. The molecule has 1 aromatic carbocycles. The van der Waals surface area contributed by atoms with Crippen LogP contribution in [0.4, 0.5) is 5.69 Å². The topological polar surface area (TPSA) is 15.3 Å². The Labute approximate surface area is 118 Å². The van der Waals surface area contributed by atoms with Crippen LogP contribution in [0.3, 0.4) is 0 Å². The predicted molar refractivity (Wildman–Crippen MR) is 84.2 cm³/mol. The van der Waals surface area contributed by atoms with Gasteiger partial charge in [0.1, 0.15) is 0 Å². The van der Waals surface area contributed by atoms with E-state index in [-0.39, 0.29) is 0 Å². The molecule has 1 fully saturated rings. The van der Waals surface area contributed by atoms with Gasteiger partial charge in [0.25, 0.3) is 0 Å². The van der Waals surface area contributed by atoms with E-state index in [1.807, 2.05) is 0 Å². The zero-order valence-corrected chi connectivity index (χ0v) is 12.9. The van der Waals surface area contributed by atoms with Gasteiger partial charge in [-0.15, -0.1) is 0 Å². The first-order valence-corrected chi connectivity index (χ1v) is 7.68. The van der Waals surface area contributed by atoms with E-state index in [2.05, 4.69) is 50.0 Å². The van der Waals surface area contributed by atoms with Gasteiger partial charge < -0.3 is 10.2 Å². The van der Waals surface area contributed by atoms with Crippen molar-refractivity contribution in [3.05, 3.63) is 28.8 Å². The minimum Gasteiger partial charge on any atom is -0.370 e. The molecule has 0 aromatic heterocycles. The summed E-state index contributed by atoms with van der Waals surface area (Å²) in [6.45, 7) is 12.4. The minimum atomic E-state index is 0.661. The first-order valence-electron chi connectivity index (χ1n) is 7.68. The lowest BCUT2D eigenvalue weighted by Crippen LogP contribution is -2.46. The molecule has 0 aliphatic carbocycles. The van der Waals surface area contributed by atoms with E-state index in [1.54, 1.807) is 0 Å². The molecule has 2 nitrogen and oxygen atoms in total. The molecule has 0 spiro atoms. The van der Waals surface area contributed by atoms with Crippen LogP contribution in [-0.2, 0) is 0 Å². The molecule has 1 aliphatic heterocycles. The number of nitrogens with one attached hydrogen (secondary N) is 1. The van der Waals surface area contributed by atoms with Crippen molar-refractivity contribution in [2.24, 2.45) is 0 Å². The summed E-state index contributed by atoms with van der Waals surface area (Å²) in [7, 11) is 0. The highest BCUT2D eigenvalue weighted by Crippen LogP contribution is 2.28. The fraction of sp³-hybridized carbons (Fsp3) is 0.647. The molecular weight excluding hydrogens is 232 g/mol. The van der Waals surface area contributed by atoms with E-state index in [4.69, 9.17) is 0 Å². The first kappa shape index (κ1) is 14.4. The van der Waals surface area contributed by atoms with Gasteiger partial charge in [-0.3, -0.25) is 0 Å². The van der Waals surface area contributed by atoms with Gasteiger partial charge in [-0.25, -0.2) is 0 Å². The third-order valence-electron chi connectivity index (χ3n) is 4.06. The minimum absolute atomic E-state index is 0.661. The van der Waals surface area contributed by atoms with Crippen LogP contribution >= 0.6 is 0 Å². The van der Waals surface area contributed by atoms with Crippen molar-refractivity contribution in [2.45, 2.75) is 53.0 Å². The largest absolute Gasteiger partial charge is 0.370 e. The lowest BCUT2D eigenvalue weighted by molar-refractivity contribution is 0.423. The van der Waals surface area contributed by atoms with E-state index in [1.165, 1.54) is 48.2 Å². The van der Waals surface area contributed by atoms with Gasteiger partial charge in [-0.2, -0.15) is 0 Å². The Bertz CT molecular complexity index is 402. The molecule has 0 saturated carbocycles. The molecule has 1 heterocycles. The summed E-state index contributed by atoms with van der Waals surface area (Å²) < 4.78 is 0. The number of hydrogen-bond donors (Lipinski definition) is 1. The number of aryl methyl sites for hydroxylation is 3. The molecule has 2 rings (SSSR count). The van der Waals surface area contributed by atoms with Crippen LogP contribution < -0.4 is 10.2 Å². The van der Waals surface area contributed by atoms with Crippen molar-refractivity contribution < 1.29 is 0 Å². The van der Waals surface area contributed by atoms with Crippen LogP contribution in [0.2, 0.25) is 0 Å². The maximum Gasteiger partial charge on any atom is 0.0426 e. The van der Waals surface area contributed by atoms with E-state index in [0.717, 1.165) is 13.1 Å². The fourth-order valence-electron chi connectivity index (χ4n) is 3.37. The average molecular weight is 260 g/mol. The van der Waals surface area contributed by atoms with E-state index >= 15 is 0 Å². The number of hydrogen-bond acceptors (Lipinski definition) is 2. The molecule has 1 saturated heterocycles. The van der Waals surface area contributed by atoms with Crippen molar-refractivity contribution in [1.82, 2.24) is 5.32 Å². The number of benzene rings is 1. The van der Waals surface area contributed by atoms with Crippen LogP contribution in [0.15, 0.2) is 12.1 Å². The van der Waals surface area contributed by atoms with E-state index in [9.17, 15) is 0 Å². The van der Waals surface area contributed by atoms with Gasteiger partial charge in [-0.05, 0) is 57.7 Å². The highest BCUT2D eigenvalue weighted by atomic mass is 15.2. The Morgan fingerprint density at radius 2 is 1.89 bits per heavy atom. The molecule has 1 aromatic rings. The summed E-state index contributed by atoms with van der Waals surface area (Å²) >= 11 is 0. The number of rotatable bonds is 4. The zero-order chi connectivity index (χ0) is 13.8. The van der Waals surface area contributed by atoms with Crippen LogP contribution in [0.25, 0.3) is 0 Å². The Morgan fingerprint density at radius 3 is 2.53 bits per heavy atom. The number of piperidine rings is 1. The van der Waals surface area contributed by atoms with Gasteiger partial charge in [0.05, 0.1) is 0 Å². The Balaban J connectivity index is 2.13. The predicted octanol–water partition coefficient (Wildman–Crippen LogP) is 3.58. The van der Waals surface area contributed by atoms with Gasteiger partial charge in [0, 0.05) is 24.8 Å². The highest BCUT2D eigenvalue weighted by Gasteiger charge is 2.21. The Morgan fingerprint density at radius 1 is 1.21 bits per heavy atom. The number of anilines is 1. The van der Waals surface area contributed by atoms with Crippen LogP contribution in [-0.4, -0.2) is 25.7 Å².